The van der Waals surface area contributed by atoms with Gasteiger partial charge < -0.3 is 14.9 Å². The molecule has 0 aliphatic heterocycles. The summed E-state index contributed by atoms with van der Waals surface area (Å²) in [6, 6.07) is 5.65. The van der Waals surface area contributed by atoms with Crippen molar-refractivity contribution in [1.29, 1.82) is 0 Å². The molecule has 144 valence electrons. The molecule has 0 atom stereocenters. The third kappa shape index (κ3) is 4.68. The maximum Gasteiger partial charge on any atom is 0.274 e. The highest BCUT2D eigenvalue weighted by Gasteiger charge is 2.19. The van der Waals surface area contributed by atoms with Crippen molar-refractivity contribution in [2.45, 2.75) is 33.1 Å². The summed E-state index contributed by atoms with van der Waals surface area (Å²) in [5.41, 5.74) is 0.664. The minimum atomic E-state index is -0.589. The number of hydrogen-bond acceptors (Lipinski definition) is 6. The Hall–Kier alpha value is -2.80. The van der Waals surface area contributed by atoms with Crippen molar-refractivity contribution in [3.05, 3.63) is 50.5 Å². The lowest BCUT2D eigenvalue weighted by Crippen LogP contribution is -2.10. The van der Waals surface area contributed by atoms with Crippen molar-refractivity contribution < 1.29 is 19.9 Å². The van der Waals surface area contributed by atoms with Crippen molar-refractivity contribution in [2.75, 3.05) is 6.61 Å². The Kier molecular flexibility index (Phi) is 5.95. The largest absolute Gasteiger partial charge is 0.504 e. The molecule has 2 aromatic carbocycles. The van der Waals surface area contributed by atoms with Crippen LogP contribution in [0.25, 0.3) is 0 Å². The fourth-order valence-corrected chi connectivity index (χ4v) is 2.55. The van der Waals surface area contributed by atoms with E-state index in [-0.39, 0.29) is 51.2 Å². The first-order chi connectivity index (χ1) is 12.5. The van der Waals surface area contributed by atoms with Gasteiger partial charge in [0.1, 0.15) is 5.69 Å². The zero-order valence-electron chi connectivity index (χ0n) is 15.5. The minimum Gasteiger partial charge on any atom is -0.504 e. The van der Waals surface area contributed by atoms with Crippen molar-refractivity contribution >= 4 is 29.2 Å². The molecule has 2 aromatic rings. The second-order valence-corrected chi connectivity index (χ2v) is 7.31. The van der Waals surface area contributed by atoms with Gasteiger partial charge in [0, 0.05) is 17.8 Å². The lowest BCUT2D eigenvalue weighted by atomic mass is 9.87. The molecular weight excluding hydrogens is 372 g/mol. The van der Waals surface area contributed by atoms with E-state index in [0.717, 1.165) is 11.6 Å². The van der Waals surface area contributed by atoms with Gasteiger partial charge in [0.2, 0.25) is 0 Å². The van der Waals surface area contributed by atoms with Crippen molar-refractivity contribution in [1.82, 2.24) is 0 Å². The molecule has 0 fully saturated rings. The molecule has 0 aliphatic rings. The first kappa shape index (κ1) is 20.5. The average Bonchev–Trinajstić information content (AvgIpc) is 2.57. The number of ether oxygens (including phenoxy) is 1. The van der Waals surface area contributed by atoms with Crippen LogP contribution in [0.5, 0.6) is 17.2 Å². The smallest absolute Gasteiger partial charge is 0.274 e. The maximum absolute atomic E-state index is 11.1. The molecule has 0 heterocycles. The van der Waals surface area contributed by atoms with E-state index in [2.05, 4.69) is 4.99 Å². The van der Waals surface area contributed by atoms with E-state index >= 15 is 0 Å². The number of phenolic OH excluding ortho intramolecular Hbond substituents is 2. The third-order valence-corrected chi connectivity index (χ3v) is 4.14. The van der Waals surface area contributed by atoms with Gasteiger partial charge in [0.15, 0.2) is 17.2 Å². The molecular formula is C19H21ClN2O5. The van der Waals surface area contributed by atoms with E-state index in [1.54, 1.807) is 19.1 Å². The maximum atomic E-state index is 11.1. The molecule has 0 amide bonds. The molecule has 7 nitrogen and oxygen atoms in total. The number of non-ortho nitro benzene ring substituents is 1. The lowest BCUT2D eigenvalue weighted by molar-refractivity contribution is -0.385. The van der Waals surface area contributed by atoms with Gasteiger partial charge in [-0.3, -0.25) is 15.1 Å². The van der Waals surface area contributed by atoms with Gasteiger partial charge in [0.25, 0.3) is 5.69 Å². The van der Waals surface area contributed by atoms with Crippen molar-refractivity contribution in [3.63, 3.8) is 0 Å². The highest BCUT2D eigenvalue weighted by Crippen LogP contribution is 2.39. The Balaban J connectivity index is 2.55. The molecule has 0 aromatic heterocycles. The fourth-order valence-electron chi connectivity index (χ4n) is 2.34. The zero-order valence-corrected chi connectivity index (χ0v) is 16.2. The fraction of sp³-hybridized carbons (Fsp3) is 0.316. The van der Waals surface area contributed by atoms with Crippen molar-refractivity contribution in [3.8, 4) is 17.2 Å². The van der Waals surface area contributed by atoms with Crippen LogP contribution in [-0.4, -0.2) is 28.0 Å². The minimum absolute atomic E-state index is 0.0150. The zero-order chi connectivity index (χ0) is 20.4. The Morgan fingerprint density at radius 1 is 1.22 bits per heavy atom. The summed E-state index contributed by atoms with van der Waals surface area (Å²) in [7, 11) is 0. The second kappa shape index (κ2) is 7.84. The highest BCUT2D eigenvalue weighted by molar-refractivity contribution is 6.32. The Morgan fingerprint density at radius 2 is 1.89 bits per heavy atom. The average molecular weight is 393 g/mol. The number of phenols is 2. The Labute approximate surface area is 162 Å². The predicted molar refractivity (Wildman–Crippen MR) is 105 cm³/mol. The van der Waals surface area contributed by atoms with Crippen LogP contribution in [0.1, 0.15) is 38.8 Å². The Bertz CT molecular complexity index is 904. The van der Waals surface area contributed by atoms with Gasteiger partial charge in [-0.2, -0.15) is 0 Å². The van der Waals surface area contributed by atoms with Gasteiger partial charge in [-0.25, -0.2) is 0 Å². The van der Waals surface area contributed by atoms with Crippen LogP contribution in [0.3, 0.4) is 0 Å². The molecule has 0 saturated carbocycles. The molecule has 2 rings (SSSR count). The molecule has 0 saturated heterocycles. The highest BCUT2D eigenvalue weighted by atomic mass is 35.5. The SMILES string of the molecule is CCOc1cc([N+](=O)[O-])cc(C=Nc2cc(C(C)(C)C)cc(Cl)c2O)c1O. The normalized spacial score (nSPS) is 11.7. The number of halogens is 1. The predicted octanol–water partition coefficient (Wildman–Crippen LogP) is 5.11. The van der Waals surface area contributed by atoms with E-state index in [4.69, 9.17) is 16.3 Å². The van der Waals surface area contributed by atoms with E-state index in [1.807, 2.05) is 20.8 Å². The number of nitro groups is 1. The van der Waals surface area contributed by atoms with E-state index in [9.17, 15) is 20.3 Å². The molecule has 2 N–H and O–H groups in total. The van der Waals surface area contributed by atoms with Crippen LogP contribution >= 0.6 is 11.6 Å². The lowest BCUT2D eigenvalue weighted by Gasteiger charge is -2.20. The van der Waals surface area contributed by atoms with E-state index in [0.29, 0.717) is 0 Å². The van der Waals surface area contributed by atoms with Crippen LogP contribution < -0.4 is 4.74 Å². The van der Waals surface area contributed by atoms with Gasteiger partial charge in [-0.05, 0) is 30.0 Å². The summed E-state index contributed by atoms with van der Waals surface area (Å²) in [5, 5.41) is 31.7. The summed E-state index contributed by atoms with van der Waals surface area (Å²) in [5.74, 6) is -0.501. The third-order valence-electron chi connectivity index (χ3n) is 3.85. The number of nitrogens with zero attached hydrogens (tertiary/aromatic N) is 2. The number of aliphatic imine (C=N–C) groups is 1. The molecule has 0 aliphatic carbocycles. The quantitative estimate of drug-likeness (QED) is 0.418. The van der Waals surface area contributed by atoms with Gasteiger partial charge in [0.05, 0.1) is 22.6 Å². The topological polar surface area (TPSA) is 105 Å². The summed E-state index contributed by atoms with van der Waals surface area (Å²) in [4.78, 5) is 14.7. The van der Waals surface area contributed by atoms with E-state index < -0.39 is 4.92 Å². The van der Waals surface area contributed by atoms with Crippen LogP contribution in [-0.2, 0) is 5.41 Å². The summed E-state index contributed by atoms with van der Waals surface area (Å²) in [6.07, 6.45) is 1.22. The molecule has 0 unspecified atom stereocenters. The molecule has 0 bridgehead atoms. The standard InChI is InChI=1S/C19H21ClN2O5/c1-5-27-16-9-13(22(25)26)6-11(17(16)23)10-21-15-8-12(19(2,3)4)7-14(20)18(15)24/h6-10,23-24H,5H2,1-4H3. The number of nitro benzene ring substituents is 1. The second-order valence-electron chi connectivity index (χ2n) is 6.91. The Morgan fingerprint density at radius 3 is 2.44 bits per heavy atom. The number of aromatic hydroxyl groups is 2. The van der Waals surface area contributed by atoms with Crippen LogP contribution in [0.4, 0.5) is 11.4 Å². The van der Waals surface area contributed by atoms with Gasteiger partial charge in [-0.1, -0.05) is 32.4 Å². The van der Waals surface area contributed by atoms with E-state index in [1.165, 1.54) is 12.3 Å². The summed E-state index contributed by atoms with van der Waals surface area (Å²) in [6.45, 7) is 7.90. The van der Waals surface area contributed by atoms with Gasteiger partial charge in [-0.15, -0.1) is 0 Å². The van der Waals surface area contributed by atoms with Crippen molar-refractivity contribution in [2.24, 2.45) is 4.99 Å². The van der Waals surface area contributed by atoms with Crippen LogP contribution in [0.15, 0.2) is 29.3 Å². The number of hydrogen-bond donors (Lipinski definition) is 2. The van der Waals surface area contributed by atoms with Crippen LogP contribution in [0.2, 0.25) is 5.02 Å². The summed E-state index contributed by atoms with van der Waals surface area (Å²) < 4.78 is 5.24. The first-order valence-electron chi connectivity index (χ1n) is 8.25. The molecule has 0 spiro atoms. The number of rotatable bonds is 5. The molecule has 0 radical (unpaired) electrons. The molecule has 27 heavy (non-hydrogen) atoms. The van der Waals surface area contributed by atoms with Gasteiger partial charge >= 0.3 is 0 Å². The molecule has 8 heteroatoms. The number of benzene rings is 2. The van der Waals surface area contributed by atoms with Crippen LogP contribution in [0, 0.1) is 10.1 Å². The first-order valence-corrected chi connectivity index (χ1v) is 8.63. The monoisotopic (exact) mass is 392 g/mol. The summed E-state index contributed by atoms with van der Waals surface area (Å²) >= 11 is 6.09.